The number of rotatable bonds is 5. The normalized spacial score (nSPS) is 13.6. The number of nitrogens with one attached hydrogen (secondary N) is 2. The van der Waals surface area contributed by atoms with Crippen LogP contribution in [0.15, 0.2) is 36.4 Å². The number of hydrogen-bond acceptors (Lipinski definition) is 3. The number of hydrogen-bond donors (Lipinski definition) is 2. The standard InChI is InChI=1S/C17H16Cl2N2O3/c1-21(8-11-2-5-15-16(6-11)24-10-23-15)9-17(22)20-12-3-4-13(18)14(19)7-12/h2-7H,8-10H2,1H3,(H,20,22)/p+1. The number of anilines is 1. The van der Waals surface area contributed by atoms with Crippen molar-refractivity contribution >= 4 is 34.8 Å². The summed E-state index contributed by atoms with van der Waals surface area (Å²) in [6, 6.07) is 10.8. The SMILES string of the molecule is C[NH+](CC(=O)Nc1ccc(Cl)c(Cl)c1)Cc1ccc2c(c1)OCO2. The van der Waals surface area contributed by atoms with E-state index in [2.05, 4.69) is 5.32 Å². The number of fused-ring (bicyclic) bond motifs is 1. The van der Waals surface area contributed by atoms with Crippen LogP contribution in [0.1, 0.15) is 5.56 Å². The molecule has 0 radical (unpaired) electrons. The number of carbonyl (C=O) groups is 1. The highest BCUT2D eigenvalue weighted by Crippen LogP contribution is 2.32. The van der Waals surface area contributed by atoms with Crippen molar-refractivity contribution in [2.45, 2.75) is 6.54 Å². The molecule has 0 aromatic heterocycles. The van der Waals surface area contributed by atoms with E-state index >= 15 is 0 Å². The minimum absolute atomic E-state index is 0.0911. The van der Waals surface area contributed by atoms with Crippen LogP contribution in [0.3, 0.4) is 0 Å². The van der Waals surface area contributed by atoms with Crippen LogP contribution < -0.4 is 19.7 Å². The molecule has 0 fully saturated rings. The van der Waals surface area contributed by atoms with Crippen LogP contribution in [0.5, 0.6) is 11.5 Å². The Morgan fingerprint density at radius 1 is 1.12 bits per heavy atom. The molecule has 1 unspecified atom stereocenters. The zero-order valence-corrected chi connectivity index (χ0v) is 14.6. The fourth-order valence-electron chi connectivity index (χ4n) is 2.52. The summed E-state index contributed by atoms with van der Waals surface area (Å²) >= 11 is 11.8. The smallest absolute Gasteiger partial charge is 0.279 e. The quantitative estimate of drug-likeness (QED) is 0.852. The molecular formula is C17H17Cl2N2O3+. The fraction of sp³-hybridized carbons (Fsp3) is 0.235. The first-order valence-corrected chi connectivity index (χ1v) is 8.21. The predicted molar refractivity (Wildman–Crippen MR) is 93.1 cm³/mol. The maximum absolute atomic E-state index is 12.1. The molecule has 1 atom stereocenters. The van der Waals surface area contributed by atoms with Gasteiger partial charge in [0, 0.05) is 11.3 Å². The van der Waals surface area contributed by atoms with Crippen LogP contribution in [0.2, 0.25) is 10.0 Å². The minimum atomic E-state index is -0.0911. The number of ether oxygens (including phenoxy) is 2. The van der Waals surface area contributed by atoms with Gasteiger partial charge in [0.1, 0.15) is 6.54 Å². The summed E-state index contributed by atoms with van der Waals surface area (Å²) in [5, 5.41) is 3.69. The van der Waals surface area contributed by atoms with E-state index in [1.807, 2.05) is 25.2 Å². The molecule has 0 aliphatic carbocycles. The summed E-state index contributed by atoms with van der Waals surface area (Å²) < 4.78 is 10.7. The molecular weight excluding hydrogens is 351 g/mol. The van der Waals surface area contributed by atoms with Crippen molar-refractivity contribution in [3.63, 3.8) is 0 Å². The lowest BCUT2D eigenvalue weighted by Crippen LogP contribution is -3.08. The molecule has 0 spiro atoms. The Morgan fingerprint density at radius 2 is 1.92 bits per heavy atom. The minimum Gasteiger partial charge on any atom is -0.454 e. The molecule has 126 valence electrons. The second-order valence-electron chi connectivity index (χ2n) is 5.68. The third kappa shape index (κ3) is 4.12. The van der Waals surface area contributed by atoms with Crippen molar-refractivity contribution in [1.29, 1.82) is 0 Å². The van der Waals surface area contributed by atoms with E-state index in [4.69, 9.17) is 32.7 Å². The van der Waals surface area contributed by atoms with Gasteiger partial charge in [0.05, 0.1) is 17.1 Å². The summed E-state index contributed by atoms with van der Waals surface area (Å²) in [6.45, 7) is 1.29. The summed E-state index contributed by atoms with van der Waals surface area (Å²) in [6.07, 6.45) is 0. The van der Waals surface area contributed by atoms with E-state index in [1.165, 1.54) is 0 Å². The molecule has 0 saturated carbocycles. The number of quaternary nitrogens is 1. The average molecular weight is 368 g/mol. The molecule has 0 saturated heterocycles. The molecule has 1 amide bonds. The third-order valence-corrected chi connectivity index (χ3v) is 4.35. The molecule has 5 nitrogen and oxygen atoms in total. The number of amides is 1. The van der Waals surface area contributed by atoms with E-state index in [1.54, 1.807) is 18.2 Å². The van der Waals surface area contributed by atoms with Crippen molar-refractivity contribution in [2.75, 3.05) is 25.7 Å². The Morgan fingerprint density at radius 3 is 2.71 bits per heavy atom. The van der Waals surface area contributed by atoms with Crippen molar-refractivity contribution in [1.82, 2.24) is 0 Å². The molecule has 2 N–H and O–H groups in total. The molecule has 7 heteroatoms. The van der Waals surface area contributed by atoms with Gasteiger partial charge in [-0.2, -0.15) is 0 Å². The van der Waals surface area contributed by atoms with Gasteiger partial charge >= 0.3 is 0 Å². The first-order chi connectivity index (χ1) is 11.5. The molecule has 1 aliphatic rings. The molecule has 2 aromatic rings. The van der Waals surface area contributed by atoms with E-state index in [9.17, 15) is 4.79 Å². The van der Waals surface area contributed by atoms with Crippen LogP contribution in [-0.2, 0) is 11.3 Å². The third-order valence-electron chi connectivity index (χ3n) is 3.61. The first-order valence-electron chi connectivity index (χ1n) is 7.46. The Balaban J connectivity index is 1.55. The number of halogens is 2. The second kappa shape index (κ2) is 7.30. The van der Waals surface area contributed by atoms with Crippen LogP contribution >= 0.6 is 23.2 Å². The first kappa shape index (κ1) is 16.9. The van der Waals surface area contributed by atoms with E-state index < -0.39 is 0 Å². The Hall–Kier alpha value is -1.95. The zero-order valence-electron chi connectivity index (χ0n) is 13.1. The summed E-state index contributed by atoms with van der Waals surface area (Å²) in [5.74, 6) is 1.42. The molecule has 24 heavy (non-hydrogen) atoms. The van der Waals surface area contributed by atoms with Gasteiger partial charge in [0.15, 0.2) is 18.0 Å². The average Bonchev–Trinajstić information content (AvgIpc) is 2.98. The second-order valence-corrected chi connectivity index (χ2v) is 6.49. The van der Waals surface area contributed by atoms with Crippen molar-refractivity contribution < 1.29 is 19.2 Å². The molecule has 1 aliphatic heterocycles. The maximum atomic E-state index is 12.1. The van der Waals surface area contributed by atoms with Crippen LogP contribution in [0.4, 0.5) is 5.69 Å². The highest BCUT2D eigenvalue weighted by molar-refractivity contribution is 6.42. The monoisotopic (exact) mass is 367 g/mol. The van der Waals surface area contributed by atoms with Gasteiger partial charge in [-0.15, -0.1) is 0 Å². The number of likely N-dealkylation sites (N-methyl/N-ethyl adjacent to an activating group) is 1. The highest BCUT2D eigenvalue weighted by Gasteiger charge is 2.16. The Kier molecular flexibility index (Phi) is 5.14. The van der Waals surface area contributed by atoms with Gasteiger partial charge in [-0.05, 0) is 36.4 Å². The van der Waals surface area contributed by atoms with E-state index in [0.717, 1.165) is 22.0 Å². The summed E-state index contributed by atoms with van der Waals surface area (Å²) in [5.41, 5.74) is 1.71. The largest absolute Gasteiger partial charge is 0.454 e. The van der Waals surface area contributed by atoms with Crippen molar-refractivity contribution in [3.8, 4) is 11.5 Å². The van der Waals surface area contributed by atoms with Crippen molar-refractivity contribution in [2.24, 2.45) is 0 Å². The maximum Gasteiger partial charge on any atom is 0.279 e. The van der Waals surface area contributed by atoms with Gasteiger partial charge in [0.25, 0.3) is 5.91 Å². The molecule has 2 aromatic carbocycles. The van der Waals surface area contributed by atoms with Gasteiger partial charge < -0.3 is 19.7 Å². The van der Waals surface area contributed by atoms with Gasteiger partial charge in [-0.25, -0.2) is 0 Å². The summed E-state index contributed by atoms with van der Waals surface area (Å²) in [7, 11) is 1.96. The number of carbonyl (C=O) groups excluding carboxylic acids is 1. The lowest BCUT2D eigenvalue weighted by Gasteiger charge is -2.14. The van der Waals surface area contributed by atoms with Crippen LogP contribution in [0, 0.1) is 0 Å². The van der Waals surface area contributed by atoms with Gasteiger partial charge in [-0.3, -0.25) is 4.79 Å². The predicted octanol–water partition coefficient (Wildman–Crippen LogP) is 2.38. The van der Waals surface area contributed by atoms with E-state index in [0.29, 0.717) is 28.8 Å². The van der Waals surface area contributed by atoms with Gasteiger partial charge in [-0.1, -0.05) is 23.2 Å². The molecule has 3 rings (SSSR count). The Bertz CT molecular complexity index is 767. The van der Waals surface area contributed by atoms with E-state index in [-0.39, 0.29) is 12.7 Å². The van der Waals surface area contributed by atoms with Crippen molar-refractivity contribution in [3.05, 3.63) is 52.0 Å². The molecule has 0 bridgehead atoms. The lowest BCUT2D eigenvalue weighted by molar-refractivity contribution is -0.885. The van der Waals surface area contributed by atoms with Crippen LogP contribution in [0.25, 0.3) is 0 Å². The fourth-order valence-corrected chi connectivity index (χ4v) is 2.81. The molecule has 1 heterocycles. The lowest BCUT2D eigenvalue weighted by atomic mass is 10.2. The topological polar surface area (TPSA) is 52.0 Å². The summed E-state index contributed by atoms with van der Waals surface area (Å²) in [4.78, 5) is 13.2. The van der Waals surface area contributed by atoms with Gasteiger partial charge in [0.2, 0.25) is 6.79 Å². The Labute approximate surface area is 150 Å². The van der Waals surface area contributed by atoms with Crippen LogP contribution in [-0.4, -0.2) is 26.3 Å². The number of benzene rings is 2. The highest BCUT2D eigenvalue weighted by atomic mass is 35.5. The zero-order chi connectivity index (χ0) is 17.1.